The first kappa shape index (κ1) is 13.6. The summed E-state index contributed by atoms with van der Waals surface area (Å²) in [5, 5.41) is 11.2. The molecule has 1 aromatic carbocycles. The van der Waals surface area contributed by atoms with E-state index in [2.05, 4.69) is 11.4 Å². The predicted molar refractivity (Wildman–Crippen MR) is 71.8 cm³/mol. The molecule has 1 N–H and O–H groups in total. The van der Waals surface area contributed by atoms with Gasteiger partial charge in [0, 0.05) is 12.1 Å². The number of nitriles is 1. The summed E-state index contributed by atoms with van der Waals surface area (Å²) >= 11 is 1.58. The van der Waals surface area contributed by atoms with E-state index >= 15 is 0 Å². The van der Waals surface area contributed by atoms with Gasteiger partial charge in [0.2, 0.25) is 5.91 Å². The number of thioether (sulfide) groups is 1. The first-order valence-corrected chi connectivity index (χ1v) is 6.63. The number of unbranched alkanes of at least 4 members (excludes halogenated alkanes) is 1. The summed E-state index contributed by atoms with van der Waals surface area (Å²) in [6, 6.07) is 11.5. The van der Waals surface area contributed by atoms with Gasteiger partial charge in [0.25, 0.3) is 0 Å². The minimum Gasteiger partial charge on any atom is -0.325 e. The Morgan fingerprint density at radius 3 is 2.82 bits per heavy atom. The lowest BCUT2D eigenvalue weighted by Crippen LogP contribution is -2.22. The van der Waals surface area contributed by atoms with E-state index in [4.69, 9.17) is 5.26 Å². The molecule has 1 atom stereocenters. The van der Waals surface area contributed by atoms with Crippen LogP contribution in [0, 0.1) is 11.3 Å². The fourth-order valence-electron chi connectivity index (χ4n) is 1.25. The lowest BCUT2D eigenvalue weighted by molar-refractivity contribution is -0.115. The third kappa shape index (κ3) is 5.41. The molecule has 0 aromatic heterocycles. The van der Waals surface area contributed by atoms with Crippen LogP contribution in [0.3, 0.4) is 0 Å². The molecule has 0 saturated carbocycles. The van der Waals surface area contributed by atoms with Crippen LogP contribution in [-0.2, 0) is 4.79 Å². The first-order valence-electron chi connectivity index (χ1n) is 5.58. The molecule has 17 heavy (non-hydrogen) atoms. The third-order valence-corrected chi connectivity index (χ3v) is 3.45. The zero-order valence-corrected chi connectivity index (χ0v) is 10.7. The predicted octanol–water partition coefficient (Wildman–Crippen LogP) is 3.05. The number of amides is 1. The highest BCUT2D eigenvalue weighted by molar-refractivity contribution is 8.00. The van der Waals surface area contributed by atoms with Gasteiger partial charge in [-0.2, -0.15) is 5.26 Å². The van der Waals surface area contributed by atoms with Crippen molar-refractivity contribution in [3.63, 3.8) is 0 Å². The molecule has 1 rings (SSSR count). The molecule has 1 aromatic rings. The molecule has 0 aliphatic heterocycles. The molecule has 0 heterocycles. The maximum Gasteiger partial charge on any atom is 0.237 e. The molecule has 0 aliphatic rings. The number of hydrogen-bond donors (Lipinski definition) is 1. The van der Waals surface area contributed by atoms with Crippen molar-refractivity contribution in [2.75, 3.05) is 11.1 Å². The highest BCUT2D eigenvalue weighted by Crippen LogP contribution is 2.15. The van der Waals surface area contributed by atoms with Crippen molar-refractivity contribution in [2.45, 2.75) is 25.0 Å². The molecule has 0 fully saturated rings. The summed E-state index contributed by atoms with van der Waals surface area (Å²) in [7, 11) is 0. The van der Waals surface area contributed by atoms with Crippen molar-refractivity contribution >= 4 is 23.4 Å². The Labute approximate surface area is 106 Å². The Bertz CT molecular complexity index is 386. The van der Waals surface area contributed by atoms with Crippen molar-refractivity contribution in [1.29, 1.82) is 5.26 Å². The van der Waals surface area contributed by atoms with Gasteiger partial charge in [-0.1, -0.05) is 18.2 Å². The normalized spacial score (nSPS) is 11.5. The summed E-state index contributed by atoms with van der Waals surface area (Å²) in [4.78, 5) is 11.8. The van der Waals surface area contributed by atoms with Crippen molar-refractivity contribution in [3.8, 4) is 6.07 Å². The van der Waals surface area contributed by atoms with Gasteiger partial charge in [-0.05, 0) is 31.2 Å². The number of para-hydroxylation sites is 1. The molecule has 90 valence electrons. The van der Waals surface area contributed by atoms with Gasteiger partial charge < -0.3 is 5.32 Å². The van der Waals surface area contributed by atoms with Crippen molar-refractivity contribution < 1.29 is 4.79 Å². The van der Waals surface area contributed by atoms with Gasteiger partial charge in [-0.15, -0.1) is 11.8 Å². The largest absolute Gasteiger partial charge is 0.325 e. The number of carbonyl (C=O) groups is 1. The number of carbonyl (C=O) groups excluding carboxylic acids is 1. The molecule has 0 aliphatic carbocycles. The Kier molecular flexibility index (Phi) is 6.19. The van der Waals surface area contributed by atoms with E-state index in [0.717, 1.165) is 17.9 Å². The van der Waals surface area contributed by atoms with Crippen LogP contribution >= 0.6 is 11.8 Å². The highest BCUT2D eigenvalue weighted by atomic mass is 32.2. The van der Waals surface area contributed by atoms with Crippen LogP contribution in [0.1, 0.15) is 19.8 Å². The zero-order valence-electron chi connectivity index (χ0n) is 9.85. The summed E-state index contributed by atoms with van der Waals surface area (Å²) in [6.07, 6.45) is 1.39. The lowest BCUT2D eigenvalue weighted by Gasteiger charge is -2.11. The zero-order chi connectivity index (χ0) is 12.5. The van der Waals surface area contributed by atoms with Crippen LogP contribution in [0.4, 0.5) is 5.69 Å². The van der Waals surface area contributed by atoms with E-state index in [-0.39, 0.29) is 11.2 Å². The molecular weight excluding hydrogens is 232 g/mol. The van der Waals surface area contributed by atoms with Crippen LogP contribution in [-0.4, -0.2) is 16.9 Å². The van der Waals surface area contributed by atoms with Crippen molar-refractivity contribution in [1.82, 2.24) is 0 Å². The van der Waals surface area contributed by atoms with Crippen LogP contribution in [0.15, 0.2) is 30.3 Å². The smallest absolute Gasteiger partial charge is 0.237 e. The van der Waals surface area contributed by atoms with Gasteiger partial charge in [-0.3, -0.25) is 4.79 Å². The second-order valence-corrected chi connectivity index (χ2v) is 5.08. The standard InChI is InChI=1S/C13H16N2OS/c1-11(17-10-6-5-9-14)13(16)15-12-7-3-2-4-8-12/h2-4,7-8,11H,5-6,10H2,1H3,(H,15,16). The SMILES string of the molecule is CC(SCCCC#N)C(=O)Nc1ccccc1. The monoisotopic (exact) mass is 248 g/mol. The maximum atomic E-state index is 11.8. The molecule has 0 spiro atoms. The summed E-state index contributed by atoms with van der Waals surface area (Å²) in [5.41, 5.74) is 0.821. The molecule has 1 unspecified atom stereocenters. The number of benzene rings is 1. The molecule has 0 bridgehead atoms. The fraction of sp³-hybridized carbons (Fsp3) is 0.385. The molecule has 0 radical (unpaired) electrons. The number of anilines is 1. The van der Waals surface area contributed by atoms with Crippen LogP contribution in [0.2, 0.25) is 0 Å². The number of nitrogens with one attached hydrogen (secondary N) is 1. The van der Waals surface area contributed by atoms with Crippen molar-refractivity contribution in [2.24, 2.45) is 0 Å². The molecule has 3 nitrogen and oxygen atoms in total. The maximum absolute atomic E-state index is 11.8. The molecule has 4 heteroatoms. The minimum absolute atomic E-state index is 0.0122. The van der Waals surface area contributed by atoms with E-state index < -0.39 is 0 Å². The second kappa shape index (κ2) is 7.75. The summed E-state index contributed by atoms with van der Waals surface area (Å²) < 4.78 is 0. The quantitative estimate of drug-likeness (QED) is 0.787. The van der Waals surface area contributed by atoms with E-state index in [0.29, 0.717) is 6.42 Å². The van der Waals surface area contributed by atoms with Crippen LogP contribution < -0.4 is 5.32 Å². The first-order chi connectivity index (χ1) is 8.24. The van der Waals surface area contributed by atoms with E-state index in [1.165, 1.54) is 0 Å². The Morgan fingerprint density at radius 2 is 2.18 bits per heavy atom. The van der Waals surface area contributed by atoms with Crippen LogP contribution in [0.5, 0.6) is 0 Å². The van der Waals surface area contributed by atoms with Gasteiger partial charge in [0.05, 0.1) is 11.3 Å². The number of hydrogen-bond acceptors (Lipinski definition) is 3. The average molecular weight is 248 g/mol. The van der Waals surface area contributed by atoms with E-state index in [1.807, 2.05) is 37.3 Å². The summed E-state index contributed by atoms with van der Waals surface area (Å²) in [6.45, 7) is 1.88. The lowest BCUT2D eigenvalue weighted by atomic mass is 10.3. The fourth-order valence-corrected chi connectivity index (χ4v) is 2.13. The Hall–Kier alpha value is -1.47. The minimum atomic E-state index is -0.0890. The van der Waals surface area contributed by atoms with Crippen molar-refractivity contribution in [3.05, 3.63) is 30.3 Å². The van der Waals surface area contributed by atoms with Gasteiger partial charge in [0.1, 0.15) is 0 Å². The molecule has 0 saturated heterocycles. The van der Waals surface area contributed by atoms with Crippen LogP contribution in [0.25, 0.3) is 0 Å². The molecule has 1 amide bonds. The van der Waals surface area contributed by atoms with E-state index in [9.17, 15) is 4.79 Å². The van der Waals surface area contributed by atoms with Gasteiger partial charge in [0.15, 0.2) is 0 Å². The van der Waals surface area contributed by atoms with E-state index in [1.54, 1.807) is 11.8 Å². The van der Waals surface area contributed by atoms with Gasteiger partial charge >= 0.3 is 0 Å². The number of rotatable bonds is 6. The Balaban J connectivity index is 2.30. The third-order valence-electron chi connectivity index (χ3n) is 2.21. The van der Waals surface area contributed by atoms with Gasteiger partial charge in [-0.25, -0.2) is 0 Å². The Morgan fingerprint density at radius 1 is 1.47 bits per heavy atom. The topological polar surface area (TPSA) is 52.9 Å². The number of nitrogens with zero attached hydrogens (tertiary/aromatic N) is 1. The highest BCUT2D eigenvalue weighted by Gasteiger charge is 2.12. The second-order valence-electron chi connectivity index (χ2n) is 3.63. The average Bonchev–Trinajstić information content (AvgIpc) is 2.35. The summed E-state index contributed by atoms with van der Waals surface area (Å²) in [5.74, 6) is 0.856. The molecular formula is C13H16N2OS.